The van der Waals surface area contributed by atoms with E-state index in [4.69, 9.17) is 0 Å². The van der Waals surface area contributed by atoms with Gasteiger partial charge in [-0.2, -0.15) is 0 Å². The van der Waals surface area contributed by atoms with E-state index in [1.807, 2.05) is 7.05 Å². The van der Waals surface area contributed by atoms with Gasteiger partial charge in [-0.25, -0.2) is 0 Å². The molecule has 1 aliphatic carbocycles. The summed E-state index contributed by atoms with van der Waals surface area (Å²) in [5.41, 5.74) is 0. The molecule has 4 heteroatoms. The average Bonchev–Trinajstić information content (AvgIpc) is 2.38. The average molecular weight is 269 g/mol. The molecule has 1 aliphatic rings. The first-order valence-electron chi connectivity index (χ1n) is 7.61. The third-order valence-corrected chi connectivity index (χ3v) is 4.51. The molecule has 0 aromatic carbocycles. The highest BCUT2D eigenvalue weighted by atomic mass is 16.2. The molecule has 0 aliphatic heterocycles. The van der Waals surface area contributed by atoms with Gasteiger partial charge in [-0.1, -0.05) is 13.8 Å². The molecule has 1 unspecified atom stereocenters. The molecule has 0 radical (unpaired) electrons. The first-order valence-corrected chi connectivity index (χ1v) is 7.61. The molecule has 19 heavy (non-hydrogen) atoms. The molecule has 1 fully saturated rings. The van der Waals surface area contributed by atoms with E-state index in [2.05, 4.69) is 43.4 Å². The van der Waals surface area contributed by atoms with E-state index in [-0.39, 0.29) is 11.9 Å². The Morgan fingerprint density at radius 3 is 2.26 bits per heavy atom. The Labute approximate surface area is 118 Å². The van der Waals surface area contributed by atoms with Crippen molar-refractivity contribution in [2.45, 2.75) is 64.6 Å². The van der Waals surface area contributed by atoms with E-state index >= 15 is 0 Å². The molecule has 0 saturated heterocycles. The Morgan fingerprint density at radius 2 is 1.79 bits per heavy atom. The van der Waals surface area contributed by atoms with Crippen molar-refractivity contribution in [3.8, 4) is 0 Å². The summed E-state index contributed by atoms with van der Waals surface area (Å²) in [7, 11) is 4.11. The number of rotatable bonds is 6. The predicted molar refractivity (Wildman–Crippen MR) is 80.2 cm³/mol. The van der Waals surface area contributed by atoms with Gasteiger partial charge in [0.15, 0.2) is 0 Å². The van der Waals surface area contributed by atoms with Crippen molar-refractivity contribution in [1.82, 2.24) is 15.5 Å². The van der Waals surface area contributed by atoms with Gasteiger partial charge in [0.1, 0.15) is 0 Å². The summed E-state index contributed by atoms with van der Waals surface area (Å²) in [6.07, 6.45) is 4.81. The lowest BCUT2D eigenvalue weighted by Gasteiger charge is -2.34. The van der Waals surface area contributed by atoms with Gasteiger partial charge < -0.3 is 10.6 Å². The summed E-state index contributed by atoms with van der Waals surface area (Å²) < 4.78 is 0. The molecule has 1 rings (SSSR count). The molecule has 2 N–H and O–H groups in total. The topological polar surface area (TPSA) is 44.4 Å². The predicted octanol–water partition coefficient (Wildman–Crippen LogP) is 1.61. The number of nitrogens with zero attached hydrogens (tertiary/aromatic N) is 1. The van der Waals surface area contributed by atoms with E-state index in [0.717, 1.165) is 0 Å². The molecular formula is C15H31N3O. The van der Waals surface area contributed by atoms with Crippen LogP contribution in [0.15, 0.2) is 0 Å². The summed E-state index contributed by atoms with van der Waals surface area (Å²) in [4.78, 5) is 14.2. The van der Waals surface area contributed by atoms with Crippen LogP contribution in [0, 0.1) is 5.92 Å². The molecule has 0 aromatic rings. The molecule has 1 saturated carbocycles. The van der Waals surface area contributed by atoms with Crippen molar-refractivity contribution >= 4 is 5.91 Å². The third kappa shape index (κ3) is 5.49. The van der Waals surface area contributed by atoms with Gasteiger partial charge in [0.05, 0.1) is 6.54 Å². The van der Waals surface area contributed by atoms with Crippen LogP contribution in [0.5, 0.6) is 0 Å². The van der Waals surface area contributed by atoms with E-state index < -0.39 is 0 Å². The van der Waals surface area contributed by atoms with Crippen molar-refractivity contribution in [2.75, 3.05) is 20.6 Å². The largest absolute Gasteiger partial charge is 0.352 e. The van der Waals surface area contributed by atoms with E-state index in [9.17, 15) is 4.79 Å². The fourth-order valence-corrected chi connectivity index (χ4v) is 2.63. The van der Waals surface area contributed by atoms with Crippen molar-refractivity contribution in [1.29, 1.82) is 0 Å². The van der Waals surface area contributed by atoms with E-state index in [1.54, 1.807) is 0 Å². The Hall–Kier alpha value is -0.610. The number of nitrogens with one attached hydrogen (secondary N) is 2. The van der Waals surface area contributed by atoms with Gasteiger partial charge in [-0.05, 0) is 52.6 Å². The summed E-state index contributed by atoms with van der Waals surface area (Å²) >= 11 is 0. The second-order valence-corrected chi connectivity index (χ2v) is 6.31. The quantitative estimate of drug-likeness (QED) is 0.770. The zero-order valence-corrected chi connectivity index (χ0v) is 13.2. The number of likely N-dealkylation sites (N-methyl/N-ethyl adjacent to an activating group) is 1. The molecule has 0 bridgehead atoms. The van der Waals surface area contributed by atoms with Gasteiger partial charge in [-0.3, -0.25) is 9.69 Å². The summed E-state index contributed by atoms with van der Waals surface area (Å²) in [6, 6.07) is 1.48. The summed E-state index contributed by atoms with van der Waals surface area (Å²) in [5.74, 6) is 0.639. The fourth-order valence-electron chi connectivity index (χ4n) is 2.63. The smallest absolute Gasteiger partial charge is 0.234 e. The monoisotopic (exact) mass is 269 g/mol. The highest BCUT2D eigenvalue weighted by Crippen LogP contribution is 2.21. The maximum absolute atomic E-state index is 12.0. The van der Waals surface area contributed by atoms with Crippen LogP contribution < -0.4 is 10.6 Å². The van der Waals surface area contributed by atoms with Crippen LogP contribution in [0.3, 0.4) is 0 Å². The Kier molecular flexibility index (Phi) is 6.80. The molecule has 112 valence electrons. The lowest BCUT2D eigenvalue weighted by Crippen LogP contribution is -2.46. The first-order chi connectivity index (χ1) is 8.93. The van der Waals surface area contributed by atoms with Crippen LogP contribution in [0.2, 0.25) is 0 Å². The number of carbonyl (C=O) groups excluding carboxylic acids is 1. The van der Waals surface area contributed by atoms with Crippen LogP contribution in [-0.4, -0.2) is 49.6 Å². The van der Waals surface area contributed by atoms with Gasteiger partial charge in [0.2, 0.25) is 5.91 Å². The minimum atomic E-state index is 0.152. The normalized spacial score (nSPS) is 25.6. The second-order valence-electron chi connectivity index (χ2n) is 6.31. The molecule has 1 atom stereocenters. The molecule has 1 amide bonds. The third-order valence-electron chi connectivity index (χ3n) is 4.51. The van der Waals surface area contributed by atoms with Crippen LogP contribution in [0.4, 0.5) is 0 Å². The van der Waals surface area contributed by atoms with Gasteiger partial charge in [-0.15, -0.1) is 0 Å². The van der Waals surface area contributed by atoms with Crippen molar-refractivity contribution in [3.05, 3.63) is 0 Å². The lowest BCUT2D eigenvalue weighted by molar-refractivity contribution is -0.123. The Bertz CT molecular complexity index is 273. The minimum absolute atomic E-state index is 0.152. The summed E-state index contributed by atoms with van der Waals surface area (Å²) in [5, 5.41) is 6.42. The highest BCUT2D eigenvalue weighted by Gasteiger charge is 2.24. The Morgan fingerprint density at radius 1 is 1.21 bits per heavy atom. The van der Waals surface area contributed by atoms with Gasteiger partial charge >= 0.3 is 0 Å². The SMILES string of the molecule is CNC1CCC(N(C)CC(=O)NC(C)C(C)C)CC1. The Balaban J connectivity index is 2.30. The highest BCUT2D eigenvalue weighted by molar-refractivity contribution is 5.78. The zero-order valence-electron chi connectivity index (χ0n) is 13.2. The molecule has 0 aromatic heterocycles. The molecule has 0 spiro atoms. The summed E-state index contributed by atoms with van der Waals surface area (Å²) in [6.45, 7) is 6.86. The maximum atomic E-state index is 12.0. The van der Waals surface area contributed by atoms with Crippen molar-refractivity contribution in [2.24, 2.45) is 5.92 Å². The lowest BCUT2D eigenvalue weighted by atomic mass is 9.90. The van der Waals surface area contributed by atoms with Crippen LogP contribution in [0.1, 0.15) is 46.5 Å². The van der Waals surface area contributed by atoms with Gasteiger partial charge in [0, 0.05) is 18.1 Å². The standard InChI is InChI=1S/C15H31N3O/c1-11(2)12(3)17-15(19)10-18(5)14-8-6-13(16-4)7-9-14/h11-14,16H,6-10H2,1-5H3,(H,17,19). The van der Waals surface area contributed by atoms with E-state index in [1.165, 1.54) is 25.7 Å². The van der Waals surface area contributed by atoms with Crippen molar-refractivity contribution in [3.63, 3.8) is 0 Å². The fraction of sp³-hybridized carbons (Fsp3) is 0.933. The number of carbonyl (C=O) groups is 1. The van der Waals surface area contributed by atoms with Crippen LogP contribution in [0.25, 0.3) is 0 Å². The number of hydrogen-bond acceptors (Lipinski definition) is 3. The minimum Gasteiger partial charge on any atom is -0.352 e. The molecule has 4 nitrogen and oxygen atoms in total. The molecule has 0 heterocycles. The van der Waals surface area contributed by atoms with Gasteiger partial charge in [0.25, 0.3) is 0 Å². The first kappa shape index (κ1) is 16.4. The van der Waals surface area contributed by atoms with Crippen molar-refractivity contribution < 1.29 is 4.79 Å². The van der Waals surface area contributed by atoms with Crippen LogP contribution >= 0.6 is 0 Å². The van der Waals surface area contributed by atoms with E-state index in [0.29, 0.717) is 24.5 Å². The van der Waals surface area contributed by atoms with Crippen LogP contribution in [-0.2, 0) is 4.79 Å². The molecular weight excluding hydrogens is 238 g/mol. The number of amides is 1. The second kappa shape index (κ2) is 7.85. The zero-order chi connectivity index (χ0) is 14.4. The number of hydrogen-bond donors (Lipinski definition) is 2. The maximum Gasteiger partial charge on any atom is 0.234 e.